The van der Waals surface area contributed by atoms with Gasteiger partial charge in [-0.25, -0.2) is 18.0 Å². The Balaban J connectivity index is 0.00000552. The topological polar surface area (TPSA) is 111 Å². The summed E-state index contributed by atoms with van der Waals surface area (Å²) in [6, 6.07) is 16.3. The van der Waals surface area contributed by atoms with E-state index in [2.05, 4.69) is 5.32 Å². The van der Waals surface area contributed by atoms with E-state index in [-0.39, 0.29) is 48.0 Å². The third kappa shape index (κ3) is 9.67. The highest BCUT2D eigenvalue weighted by atomic mass is 35.5. The lowest BCUT2D eigenvalue weighted by atomic mass is 10.0. The van der Waals surface area contributed by atoms with Gasteiger partial charge in [0.1, 0.15) is 18.9 Å². The highest BCUT2D eigenvalue weighted by molar-refractivity contribution is 7.92. The molecule has 1 aromatic heterocycles. The van der Waals surface area contributed by atoms with Crippen molar-refractivity contribution in [3.05, 3.63) is 70.6 Å². The first-order valence-corrected chi connectivity index (χ1v) is 17.0. The van der Waals surface area contributed by atoms with Gasteiger partial charge in [-0.3, -0.25) is 4.31 Å². The van der Waals surface area contributed by atoms with Crippen LogP contribution in [-0.2, 0) is 30.0 Å². The van der Waals surface area contributed by atoms with Crippen LogP contribution in [0.2, 0.25) is 0 Å². The molecule has 13 heteroatoms. The largest absolute Gasteiger partial charge is 1.00 e. The Bertz CT molecular complexity index is 1550. The van der Waals surface area contributed by atoms with E-state index in [4.69, 9.17) is 14.2 Å². The van der Waals surface area contributed by atoms with E-state index >= 15 is 0 Å². The molecule has 1 saturated heterocycles. The third-order valence-corrected chi connectivity index (χ3v) is 10.4. The van der Waals surface area contributed by atoms with Crippen LogP contribution >= 0.6 is 11.3 Å². The Morgan fingerprint density at radius 2 is 1.73 bits per heavy atom. The molecule has 0 spiro atoms. The third-order valence-electron chi connectivity index (χ3n) is 7.32. The minimum Gasteiger partial charge on any atom is -1.00 e. The SMILES string of the molecule is COC(=O)c1sc(-c2cccc(N(C3CCNCC3)S(=O)(=O)Cc3ccccc3)c2)c(C)c1OCC(=O)OCC[N+](C)(C)C.[Cl-]. The highest BCUT2D eigenvalue weighted by Crippen LogP contribution is 2.43. The molecule has 0 bridgehead atoms. The number of benzene rings is 2. The molecule has 0 unspecified atom stereocenters. The van der Waals surface area contributed by atoms with Crippen LogP contribution in [0.1, 0.15) is 33.6 Å². The number of quaternary nitrogens is 1. The number of thiophene rings is 1. The van der Waals surface area contributed by atoms with E-state index in [0.717, 1.165) is 24.2 Å². The Hall–Kier alpha value is -3.16. The number of sulfonamides is 1. The normalized spacial score (nSPS) is 13.9. The standard InChI is InChI=1S/C32H42N3O7S2.ClH/c1-23-29(42-21-28(36)41-19-18-35(2,3)4)31(32(37)40-5)43-30(23)25-12-9-13-27(20-25)34(26-14-16-33-17-15-26)44(38,39)22-24-10-7-6-8-11-24;/h6-13,20,26,33H,14-19,21-22H2,1-5H3;1H/q+1;/p-1. The summed E-state index contributed by atoms with van der Waals surface area (Å²) in [6.07, 6.45) is 1.37. The zero-order chi connectivity index (χ0) is 31.9. The smallest absolute Gasteiger partial charge is 0.351 e. The first-order valence-electron chi connectivity index (χ1n) is 14.6. The second-order valence-corrected chi connectivity index (χ2v) is 14.7. The minimum atomic E-state index is -3.74. The van der Waals surface area contributed by atoms with Gasteiger partial charge in [0.2, 0.25) is 10.0 Å². The van der Waals surface area contributed by atoms with Gasteiger partial charge in [0.05, 0.1) is 39.7 Å². The zero-order valence-electron chi connectivity index (χ0n) is 26.4. The molecule has 1 fully saturated rings. The molecule has 4 rings (SSSR count). The number of ether oxygens (including phenoxy) is 3. The predicted octanol–water partition coefficient (Wildman–Crippen LogP) is 1.23. The molecule has 2 heterocycles. The average Bonchev–Trinajstić information content (AvgIpc) is 3.31. The number of hydrogen-bond donors (Lipinski definition) is 1. The number of likely N-dealkylation sites (N-methyl/N-ethyl adjacent to an activating group) is 1. The molecule has 10 nitrogen and oxygen atoms in total. The quantitative estimate of drug-likeness (QED) is 0.212. The second-order valence-electron chi connectivity index (χ2n) is 11.8. The lowest BCUT2D eigenvalue weighted by molar-refractivity contribution is -0.870. The Morgan fingerprint density at radius 3 is 2.38 bits per heavy atom. The molecule has 0 aliphatic carbocycles. The fourth-order valence-electron chi connectivity index (χ4n) is 5.06. The summed E-state index contributed by atoms with van der Waals surface area (Å²) in [5.41, 5.74) is 2.65. The van der Waals surface area contributed by atoms with Crippen LogP contribution in [0.3, 0.4) is 0 Å². The maximum absolute atomic E-state index is 14.0. The van der Waals surface area contributed by atoms with E-state index in [1.54, 1.807) is 11.2 Å². The number of anilines is 1. The number of carbonyl (C=O) groups is 2. The van der Waals surface area contributed by atoms with Crippen LogP contribution in [0, 0.1) is 6.92 Å². The van der Waals surface area contributed by atoms with Gasteiger partial charge in [-0.05, 0) is 56.1 Å². The molecule has 0 saturated carbocycles. The summed E-state index contributed by atoms with van der Waals surface area (Å²) in [5, 5.41) is 3.32. The van der Waals surface area contributed by atoms with Crippen LogP contribution in [0.15, 0.2) is 54.6 Å². The molecule has 246 valence electrons. The van der Waals surface area contributed by atoms with Crippen LogP contribution in [0.25, 0.3) is 10.4 Å². The molecular formula is C32H42ClN3O7S2. The van der Waals surface area contributed by atoms with Gasteiger partial charge in [-0.15, -0.1) is 11.3 Å². The number of piperidine rings is 1. The predicted molar refractivity (Wildman–Crippen MR) is 173 cm³/mol. The number of rotatable bonds is 13. The molecule has 45 heavy (non-hydrogen) atoms. The van der Waals surface area contributed by atoms with Crippen molar-refractivity contribution in [1.29, 1.82) is 0 Å². The lowest BCUT2D eigenvalue weighted by Gasteiger charge is -2.35. The second kappa shape index (κ2) is 15.9. The minimum absolute atomic E-state index is 0. The van der Waals surface area contributed by atoms with Gasteiger partial charge in [-0.2, -0.15) is 0 Å². The molecule has 0 atom stereocenters. The maximum atomic E-state index is 14.0. The van der Waals surface area contributed by atoms with Gasteiger partial charge in [0, 0.05) is 16.5 Å². The summed E-state index contributed by atoms with van der Waals surface area (Å²) in [7, 11) is 3.56. The number of nitrogens with zero attached hydrogens (tertiary/aromatic N) is 2. The Kier molecular flexibility index (Phi) is 12.8. The molecule has 2 aromatic carbocycles. The van der Waals surface area contributed by atoms with Gasteiger partial charge >= 0.3 is 11.9 Å². The molecule has 0 amide bonds. The lowest BCUT2D eigenvalue weighted by Crippen LogP contribution is -3.00. The number of carbonyl (C=O) groups excluding carboxylic acids is 2. The summed E-state index contributed by atoms with van der Waals surface area (Å²) in [4.78, 5) is 26.1. The van der Waals surface area contributed by atoms with Crippen LogP contribution in [0.4, 0.5) is 5.69 Å². The van der Waals surface area contributed by atoms with Gasteiger partial charge in [0.25, 0.3) is 0 Å². The molecule has 3 aromatic rings. The van der Waals surface area contributed by atoms with E-state index in [1.165, 1.54) is 18.4 Å². The van der Waals surface area contributed by atoms with Crippen LogP contribution in [-0.4, -0.2) is 92.0 Å². The van der Waals surface area contributed by atoms with Gasteiger partial charge in [-0.1, -0.05) is 42.5 Å². The van der Waals surface area contributed by atoms with Crippen molar-refractivity contribution in [2.45, 2.75) is 31.6 Å². The van der Waals surface area contributed by atoms with Crippen molar-refractivity contribution in [3.8, 4) is 16.2 Å². The van der Waals surface area contributed by atoms with Crippen molar-refractivity contribution < 1.29 is 49.1 Å². The summed E-state index contributed by atoms with van der Waals surface area (Å²) < 4.78 is 46.3. The zero-order valence-corrected chi connectivity index (χ0v) is 28.8. The number of nitrogens with one attached hydrogen (secondary N) is 1. The summed E-state index contributed by atoms with van der Waals surface area (Å²) >= 11 is 1.18. The van der Waals surface area contributed by atoms with Crippen LogP contribution in [0.5, 0.6) is 5.75 Å². The van der Waals surface area contributed by atoms with Crippen molar-refractivity contribution in [2.24, 2.45) is 0 Å². The Labute approximate surface area is 276 Å². The maximum Gasteiger partial charge on any atom is 0.351 e. The summed E-state index contributed by atoms with van der Waals surface area (Å²) in [6.45, 7) is 3.79. The highest BCUT2D eigenvalue weighted by Gasteiger charge is 2.32. The van der Waals surface area contributed by atoms with Crippen molar-refractivity contribution in [2.75, 3.05) is 65.4 Å². The van der Waals surface area contributed by atoms with Gasteiger partial charge in [0.15, 0.2) is 11.5 Å². The number of esters is 2. The molecule has 0 radical (unpaired) electrons. The first-order chi connectivity index (χ1) is 20.9. The van der Waals surface area contributed by atoms with E-state index in [9.17, 15) is 18.0 Å². The first kappa shape index (κ1) is 36.3. The molecule has 1 N–H and O–H groups in total. The monoisotopic (exact) mass is 679 g/mol. The number of hydrogen-bond acceptors (Lipinski definition) is 9. The number of methoxy groups -OCH3 is 1. The fourth-order valence-corrected chi connectivity index (χ4v) is 8.08. The molecule has 1 aliphatic heterocycles. The fraction of sp³-hybridized carbons (Fsp3) is 0.438. The van der Waals surface area contributed by atoms with Crippen molar-refractivity contribution >= 4 is 39.0 Å². The molecular weight excluding hydrogens is 638 g/mol. The van der Waals surface area contributed by atoms with Crippen molar-refractivity contribution in [3.63, 3.8) is 0 Å². The molecule has 1 aliphatic rings. The van der Waals surface area contributed by atoms with Gasteiger partial charge < -0.3 is 36.4 Å². The summed E-state index contributed by atoms with van der Waals surface area (Å²) in [5.74, 6) is -0.993. The van der Waals surface area contributed by atoms with Crippen LogP contribution < -0.4 is 26.8 Å². The van der Waals surface area contributed by atoms with E-state index in [1.807, 2.05) is 75.7 Å². The van der Waals surface area contributed by atoms with E-state index < -0.39 is 22.0 Å². The average molecular weight is 680 g/mol. The Morgan fingerprint density at radius 1 is 1.04 bits per heavy atom. The number of halogens is 1. The van der Waals surface area contributed by atoms with E-state index in [0.29, 0.717) is 40.0 Å². The van der Waals surface area contributed by atoms with Crippen molar-refractivity contribution in [1.82, 2.24) is 5.32 Å².